The van der Waals surface area contributed by atoms with Crippen molar-refractivity contribution in [2.75, 3.05) is 30.4 Å². The SMILES string of the molecule is CC(C)C1NC(=O)CCN(c2ccccc2N(C)C)C1=O. The number of nitrogens with one attached hydrogen (secondary N) is 1. The predicted molar refractivity (Wildman–Crippen MR) is 84.5 cm³/mol. The van der Waals surface area contributed by atoms with Gasteiger partial charge in [0.2, 0.25) is 11.8 Å². The molecule has 1 atom stereocenters. The summed E-state index contributed by atoms with van der Waals surface area (Å²) in [7, 11) is 3.90. The fraction of sp³-hybridized carbons (Fsp3) is 0.500. The van der Waals surface area contributed by atoms with Crippen LogP contribution in [-0.4, -0.2) is 38.5 Å². The number of carbonyl (C=O) groups is 2. The average Bonchev–Trinajstić information content (AvgIpc) is 2.58. The number of anilines is 2. The predicted octanol–water partition coefficient (Wildman–Crippen LogP) is 1.63. The van der Waals surface area contributed by atoms with E-state index < -0.39 is 6.04 Å². The number of nitrogens with zero attached hydrogens (tertiary/aromatic N) is 2. The lowest BCUT2D eigenvalue weighted by molar-refractivity contribution is -0.126. The first-order valence-electron chi connectivity index (χ1n) is 7.29. The van der Waals surface area contributed by atoms with Crippen molar-refractivity contribution in [3.05, 3.63) is 24.3 Å². The third kappa shape index (κ3) is 3.17. The fourth-order valence-electron chi connectivity index (χ4n) is 2.56. The smallest absolute Gasteiger partial charge is 0.249 e. The van der Waals surface area contributed by atoms with Crippen LogP contribution in [-0.2, 0) is 9.59 Å². The van der Waals surface area contributed by atoms with Gasteiger partial charge in [-0.25, -0.2) is 0 Å². The van der Waals surface area contributed by atoms with E-state index in [1.807, 2.05) is 57.1 Å². The number of amides is 2. The third-order valence-corrected chi connectivity index (χ3v) is 3.73. The molecule has 1 aromatic carbocycles. The summed E-state index contributed by atoms with van der Waals surface area (Å²) in [4.78, 5) is 28.4. The molecule has 1 fully saturated rings. The van der Waals surface area contributed by atoms with Crippen LogP contribution in [0, 0.1) is 5.92 Å². The van der Waals surface area contributed by atoms with Gasteiger partial charge in [0, 0.05) is 27.1 Å². The molecule has 2 rings (SSSR count). The Balaban J connectivity index is 2.42. The van der Waals surface area contributed by atoms with Crippen molar-refractivity contribution in [3.63, 3.8) is 0 Å². The monoisotopic (exact) mass is 289 g/mol. The summed E-state index contributed by atoms with van der Waals surface area (Å²) in [6, 6.07) is 7.31. The topological polar surface area (TPSA) is 52.7 Å². The summed E-state index contributed by atoms with van der Waals surface area (Å²) < 4.78 is 0. The van der Waals surface area contributed by atoms with Crippen molar-refractivity contribution in [3.8, 4) is 0 Å². The zero-order valence-electron chi connectivity index (χ0n) is 13.1. The molecule has 5 heteroatoms. The summed E-state index contributed by atoms with van der Waals surface area (Å²) in [5.41, 5.74) is 1.83. The lowest BCUT2D eigenvalue weighted by Crippen LogP contribution is -2.48. The van der Waals surface area contributed by atoms with Gasteiger partial charge in [-0.1, -0.05) is 26.0 Å². The first kappa shape index (κ1) is 15.4. The van der Waals surface area contributed by atoms with Gasteiger partial charge in [-0.15, -0.1) is 0 Å². The van der Waals surface area contributed by atoms with Crippen molar-refractivity contribution < 1.29 is 9.59 Å². The zero-order chi connectivity index (χ0) is 15.6. The molecule has 1 saturated heterocycles. The van der Waals surface area contributed by atoms with E-state index in [1.165, 1.54) is 0 Å². The molecule has 5 nitrogen and oxygen atoms in total. The van der Waals surface area contributed by atoms with E-state index in [9.17, 15) is 9.59 Å². The molecule has 1 aromatic rings. The van der Waals surface area contributed by atoms with Crippen LogP contribution in [0.4, 0.5) is 11.4 Å². The summed E-state index contributed by atoms with van der Waals surface area (Å²) in [6.07, 6.45) is 0.330. The van der Waals surface area contributed by atoms with Gasteiger partial charge in [0.1, 0.15) is 6.04 Å². The lowest BCUT2D eigenvalue weighted by Gasteiger charge is -2.29. The van der Waals surface area contributed by atoms with Crippen molar-refractivity contribution in [2.24, 2.45) is 5.92 Å². The third-order valence-electron chi connectivity index (χ3n) is 3.73. The van der Waals surface area contributed by atoms with E-state index in [-0.39, 0.29) is 17.7 Å². The molecule has 0 bridgehead atoms. The van der Waals surface area contributed by atoms with Crippen molar-refractivity contribution in [2.45, 2.75) is 26.3 Å². The second kappa shape index (κ2) is 6.16. The zero-order valence-corrected chi connectivity index (χ0v) is 13.1. The fourth-order valence-corrected chi connectivity index (χ4v) is 2.56. The second-order valence-corrected chi connectivity index (χ2v) is 5.91. The van der Waals surface area contributed by atoms with E-state index >= 15 is 0 Å². The largest absolute Gasteiger partial charge is 0.376 e. The molecule has 0 saturated carbocycles. The van der Waals surface area contributed by atoms with Crippen LogP contribution in [0.3, 0.4) is 0 Å². The molecule has 0 aromatic heterocycles. The Kier molecular flexibility index (Phi) is 4.50. The van der Waals surface area contributed by atoms with Gasteiger partial charge < -0.3 is 15.1 Å². The van der Waals surface area contributed by atoms with E-state index in [1.54, 1.807) is 4.90 Å². The Hall–Kier alpha value is -2.04. The number of hydrogen-bond acceptors (Lipinski definition) is 3. The minimum Gasteiger partial charge on any atom is -0.376 e. The van der Waals surface area contributed by atoms with E-state index in [4.69, 9.17) is 0 Å². The normalized spacial score (nSPS) is 19.5. The summed E-state index contributed by atoms with van der Waals surface area (Å²) in [6.45, 7) is 4.31. The van der Waals surface area contributed by atoms with E-state index in [0.29, 0.717) is 13.0 Å². The van der Waals surface area contributed by atoms with Crippen molar-refractivity contribution in [1.82, 2.24) is 5.32 Å². The van der Waals surface area contributed by atoms with Crippen molar-refractivity contribution >= 4 is 23.2 Å². The van der Waals surface area contributed by atoms with E-state index in [2.05, 4.69) is 5.32 Å². The van der Waals surface area contributed by atoms with Crippen LogP contribution in [0.25, 0.3) is 0 Å². The molecular weight excluding hydrogens is 266 g/mol. The quantitative estimate of drug-likeness (QED) is 0.920. The molecule has 1 N–H and O–H groups in total. The Bertz CT molecular complexity index is 540. The summed E-state index contributed by atoms with van der Waals surface area (Å²) in [5, 5.41) is 2.83. The maximum absolute atomic E-state index is 12.8. The molecular formula is C16H23N3O2. The molecule has 0 radical (unpaired) electrons. The molecule has 1 aliphatic rings. The Morgan fingerprint density at radius 3 is 2.52 bits per heavy atom. The molecule has 1 heterocycles. The molecule has 114 valence electrons. The highest BCUT2D eigenvalue weighted by Gasteiger charge is 2.33. The van der Waals surface area contributed by atoms with Gasteiger partial charge in [0.05, 0.1) is 11.4 Å². The number of rotatable bonds is 3. The van der Waals surface area contributed by atoms with Crippen LogP contribution in [0.15, 0.2) is 24.3 Å². The highest BCUT2D eigenvalue weighted by molar-refractivity contribution is 6.03. The standard InChI is InChI=1S/C16H23N3O2/c1-11(2)15-16(21)19(10-9-14(20)17-15)13-8-6-5-7-12(13)18(3)4/h5-8,11,15H,9-10H2,1-4H3,(H,17,20). The minimum atomic E-state index is -0.463. The van der Waals surface area contributed by atoms with Gasteiger partial charge in [-0.05, 0) is 18.1 Å². The number of hydrogen-bond donors (Lipinski definition) is 1. The summed E-state index contributed by atoms with van der Waals surface area (Å²) in [5.74, 6) is -0.0365. The van der Waals surface area contributed by atoms with Crippen LogP contribution in [0.1, 0.15) is 20.3 Å². The van der Waals surface area contributed by atoms with Gasteiger partial charge >= 0.3 is 0 Å². The first-order valence-corrected chi connectivity index (χ1v) is 7.29. The minimum absolute atomic E-state index is 0.0369. The maximum atomic E-state index is 12.8. The Morgan fingerprint density at radius 2 is 1.90 bits per heavy atom. The van der Waals surface area contributed by atoms with Crippen LogP contribution >= 0.6 is 0 Å². The van der Waals surface area contributed by atoms with Gasteiger partial charge in [0.15, 0.2) is 0 Å². The first-order chi connectivity index (χ1) is 9.91. The van der Waals surface area contributed by atoms with Crippen molar-refractivity contribution in [1.29, 1.82) is 0 Å². The van der Waals surface area contributed by atoms with Gasteiger partial charge in [-0.2, -0.15) is 0 Å². The Labute approximate surface area is 125 Å². The van der Waals surface area contributed by atoms with Gasteiger partial charge in [-0.3, -0.25) is 9.59 Å². The maximum Gasteiger partial charge on any atom is 0.249 e. The van der Waals surface area contributed by atoms with Gasteiger partial charge in [0.25, 0.3) is 0 Å². The van der Waals surface area contributed by atoms with Crippen LogP contribution in [0.5, 0.6) is 0 Å². The van der Waals surface area contributed by atoms with Crippen LogP contribution < -0.4 is 15.1 Å². The second-order valence-electron chi connectivity index (χ2n) is 5.91. The molecule has 1 unspecified atom stereocenters. The molecule has 0 aliphatic carbocycles. The highest BCUT2D eigenvalue weighted by atomic mass is 16.2. The number of para-hydroxylation sites is 2. The highest BCUT2D eigenvalue weighted by Crippen LogP contribution is 2.29. The Morgan fingerprint density at radius 1 is 1.24 bits per heavy atom. The lowest BCUT2D eigenvalue weighted by atomic mass is 10.0. The van der Waals surface area contributed by atoms with E-state index in [0.717, 1.165) is 11.4 Å². The number of carbonyl (C=O) groups excluding carboxylic acids is 2. The average molecular weight is 289 g/mol. The molecule has 21 heavy (non-hydrogen) atoms. The molecule has 2 amide bonds. The number of benzene rings is 1. The molecule has 0 spiro atoms. The molecule has 1 aliphatic heterocycles. The summed E-state index contributed by atoms with van der Waals surface area (Å²) >= 11 is 0. The van der Waals surface area contributed by atoms with Crippen LogP contribution in [0.2, 0.25) is 0 Å².